The monoisotopic (exact) mass is 436 g/mol. The molecule has 2 amide bonds. The molecule has 156 valence electrons. The predicted molar refractivity (Wildman–Crippen MR) is 118 cm³/mol. The molecule has 1 fully saturated rings. The highest BCUT2D eigenvalue weighted by Gasteiger charge is 2.23. The van der Waals surface area contributed by atoms with Gasteiger partial charge in [0.05, 0.1) is 0 Å². The minimum absolute atomic E-state index is 0.155. The van der Waals surface area contributed by atoms with Crippen molar-refractivity contribution in [3.05, 3.63) is 46.1 Å². The molecule has 0 aliphatic heterocycles. The first-order chi connectivity index (χ1) is 13.9. The molecule has 0 atom stereocenters. The van der Waals surface area contributed by atoms with Crippen LogP contribution in [0, 0.1) is 0 Å². The Kier molecular flexibility index (Phi) is 7.39. The third-order valence-electron chi connectivity index (χ3n) is 4.95. The second-order valence-corrected chi connectivity index (χ2v) is 8.23. The van der Waals surface area contributed by atoms with Crippen LogP contribution >= 0.6 is 23.2 Å². The molecular weight excluding hydrogens is 411 g/mol. The Morgan fingerprint density at radius 1 is 1.14 bits per heavy atom. The first kappa shape index (κ1) is 21.5. The summed E-state index contributed by atoms with van der Waals surface area (Å²) >= 11 is 12.0. The third kappa shape index (κ3) is 6.37. The van der Waals surface area contributed by atoms with Crippen molar-refractivity contribution in [3.8, 4) is 0 Å². The fraction of sp³-hybridized carbons (Fsp3) is 0.450. The van der Waals surface area contributed by atoms with Crippen LogP contribution in [0.2, 0.25) is 10.0 Å². The largest absolute Gasteiger partial charge is 0.363 e. The molecule has 3 rings (SSSR count). The summed E-state index contributed by atoms with van der Waals surface area (Å²) in [5.41, 5.74) is 0.832. The van der Waals surface area contributed by atoms with Crippen molar-refractivity contribution >= 4 is 41.0 Å². The van der Waals surface area contributed by atoms with E-state index in [4.69, 9.17) is 23.2 Å². The Morgan fingerprint density at radius 2 is 1.86 bits per heavy atom. The average Bonchev–Trinajstić information content (AvgIpc) is 2.69. The number of hydrogen-bond acceptors (Lipinski definition) is 5. The van der Waals surface area contributed by atoms with Crippen LogP contribution in [0.1, 0.15) is 31.2 Å². The number of hydrogen-bond donors (Lipinski definition) is 3. The summed E-state index contributed by atoms with van der Waals surface area (Å²) in [5.74, 6) is 1.51. The molecule has 1 saturated carbocycles. The Balaban J connectivity index is 1.41. The summed E-state index contributed by atoms with van der Waals surface area (Å²) in [6.45, 7) is 0.359. The molecule has 29 heavy (non-hydrogen) atoms. The van der Waals surface area contributed by atoms with Gasteiger partial charge < -0.3 is 20.9 Å². The summed E-state index contributed by atoms with van der Waals surface area (Å²) in [5, 5.41) is 10.4. The number of amides is 2. The van der Waals surface area contributed by atoms with E-state index in [-0.39, 0.29) is 12.1 Å². The molecule has 0 bridgehead atoms. The average molecular weight is 437 g/mol. The number of nitrogens with zero attached hydrogens (tertiary/aromatic N) is 3. The molecule has 0 spiro atoms. The summed E-state index contributed by atoms with van der Waals surface area (Å²) < 4.78 is 0. The second kappa shape index (κ2) is 9.98. The van der Waals surface area contributed by atoms with E-state index < -0.39 is 0 Å². The van der Waals surface area contributed by atoms with Crippen molar-refractivity contribution in [2.24, 2.45) is 0 Å². The highest BCUT2D eigenvalue weighted by Crippen LogP contribution is 2.22. The Morgan fingerprint density at radius 3 is 2.55 bits per heavy atom. The number of benzene rings is 1. The predicted octanol–water partition coefficient (Wildman–Crippen LogP) is 4.07. The van der Waals surface area contributed by atoms with Crippen molar-refractivity contribution in [2.75, 3.05) is 24.3 Å². The van der Waals surface area contributed by atoms with E-state index in [0.717, 1.165) is 37.1 Å². The van der Waals surface area contributed by atoms with Gasteiger partial charge in [0.2, 0.25) is 5.95 Å². The lowest BCUT2D eigenvalue weighted by Gasteiger charge is -2.29. The maximum absolute atomic E-state index is 12.2. The molecule has 2 aromatic rings. The quantitative estimate of drug-likeness (QED) is 0.635. The normalized spacial score (nSPS) is 18.8. The molecule has 1 aromatic heterocycles. The minimum Gasteiger partial charge on any atom is -0.363 e. The van der Waals surface area contributed by atoms with Gasteiger partial charge in [-0.05, 0) is 49.4 Å². The van der Waals surface area contributed by atoms with Crippen LogP contribution in [0.3, 0.4) is 0 Å². The molecular formula is C20H26Cl2N6O. The fourth-order valence-electron chi connectivity index (χ4n) is 3.31. The molecule has 1 heterocycles. The van der Waals surface area contributed by atoms with Gasteiger partial charge in [-0.1, -0.05) is 29.3 Å². The number of carbonyl (C=O) groups is 1. The van der Waals surface area contributed by atoms with Crippen LogP contribution in [0.25, 0.3) is 0 Å². The van der Waals surface area contributed by atoms with E-state index >= 15 is 0 Å². The molecule has 0 unspecified atom stereocenters. The van der Waals surface area contributed by atoms with Crippen LogP contribution in [0.4, 0.5) is 16.6 Å². The minimum atomic E-state index is -0.186. The van der Waals surface area contributed by atoms with Gasteiger partial charge in [-0.3, -0.25) is 0 Å². The van der Waals surface area contributed by atoms with Crippen LogP contribution in [0.15, 0.2) is 30.5 Å². The van der Waals surface area contributed by atoms with Gasteiger partial charge in [0.25, 0.3) is 0 Å². The molecule has 9 heteroatoms. The zero-order valence-corrected chi connectivity index (χ0v) is 18.1. The van der Waals surface area contributed by atoms with Gasteiger partial charge in [0.1, 0.15) is 5.82 Å². The Hall–Kier alpha value is -2.25. The summed E-state index contributed by atoms with van der Waals surface area (Å²) in [6.07, 6.45) is 5.46. The van der Waals surface area contributed by atoms with Crippen molar-refractivity contribution < 1.29 is 4.79 Å². The number of anilines is 2. The van der Waals surface area contributed by atoms with E-state index in [1.807, 2.05) is 31.1 Å². The van der Waals surface area contributed by atoms with Gasteiger partial charge in [-0.2, -0.15) is 4.98 Å². The number of halogens is 2. The van der Waals surface area contributed by atoms with Crippen LogP contribution < -0.4 is 20.9 Å². The maximum Gasteiger partial charge on any atom is 0.315 e. The van der Waals surface area contributed by atoms with Gasteiger partial charge in [0.15, 0.2) is 0 Å². The molecule has 7 nitrogen and oxygen atoms in total. The topological polar surface area (TPSA) is 82.2 Å². The molecule has 0 radical (unpaired) electrons. The molecule has 3 N–H and O–H groups in total. The highest BCUT2D eigenvalue weighted by atomic mass is 35.5. The molecule has 1 aliphatic rings. The fourth-order valence-corrected chi connectivity index (χ4v) is 3.78. The standard InChI is InChI=1S/C20H26Cl2N6O/c1-28(2)18-9-10-23-19(27-18)25-15-5-7-16(8-6-15)26-20(29)24-12-13-3-4-14(21)11-17(13)22/h3-4,9-11,15-16H,5-8,12H2,1-2H3,(H,23,25,27)(H2,24,26,29)/t15-,16+. The molecule has 1 aliphatic carbocycles. The van der Waals surface area contributed by atoms with Crippen LogP contribution in [-0.2, 0) is 6.54 Å². The summed E-state index contributed by atoms with van der Waals surface area (Å²) in [4.78, 5) is 23.0. The first-order valence-corrected chi connectivity index (χ1v) is 10.4. The second-order valence-electron chi connectivity index (χ2n) is 7.39. The van der Waals surface area contributed by atoms with Crippen molar-refractivity contribution in [2.45, 2.75) is 44.3 Å². The van der Waals surface area contributed by atoms with Crippen molar-refractivity contribution in [1.82, 2.24) is 20.6 Å². The number of nitrogens with one attached hydrogen (secondary N) is 3. The Labute approximate surface area is 181 Å². The number of carbonyl (C=O) groups excluding carboxylic acids is 1. The van der Waals surface area contributed by atoms with E-state index in [9.17, 15) is 4.79 Å². The van der Waals surface area contributed by atoms with Crippen LogP contribution in [-0.4, -0.2) is 42.2 Å². The molecule has 0 saturated heterocycles. The van der Waals surface area contributed by atoms with Gasteiger partial charge >= 0.3 is 6.03 Å². The van der Waals surface area contributed by atoms with Gasteiger partial charge in [-0.15, -0.1) is 0 Å². The SMILES string of the molecule is CN(C)c1ccnc(N[C@H]2CC[C@@H](NC(=O)NCc3ccc(Cl)cc3Cl)CC2)n1. The van der Waals surface area contributed by atoms with E-state index in [0.29, 0.717) is 28.6 Å². The number of rotatable bonds is 6. The number of urea groups is 1. The van der Waals surface area contributed by atoms with Gasteiger partial charge in [-0.25, -0.2) is 9.78 Å². The molecule has 1 aromatic carbocycles. The van der Waals surface area contributed by atoms with Crippen LogP contribution in [0.5, 0.6) is 0 Å². The Bertz CT molecular complexity index is 839. The van der Waals surface area contributed by atoms with Crippen molar-refractivity contribution in [3.63, 3.8) is 0 Å². The highest BCUT2D eigenvalue weighted by molar-refractivity contribution is 6.35. The van der Waals surface area contributed by atoms with E-state index in [1.165, 1.54) is 0 Å². The van der Waals surface area contributed by atoms with E-state index in [1.54, 1.807) is 18.3 Å². The number of aromatic nitrogens is 2. The van der Waals surface area contributed by atoms with E-state index in [2.05, 4.69) is 25.9 Å². The lowest BCUT2D eigenvalue weighted by molar-refractivity contribution is 0.231. The summed E-state index contributed by atoms with van der Waals surface area (Å²) in [6, 6.07) is 7.40. The summed E-state index contributed by atoms with van der Waals surface area (Å²) in [7, 11) is 3.91. The lowest BCUT2D eigenvalue weighted by atomic mass is 9.91. The third-order valence-corrected chi connectivity index (χ3v) is 5.54. The maximum atomic E-state index is 12.2. The first-order valence-electron chi connectivity index (χ1n) is 9.66. The smallest absolute Gasteiger partial charge is 0.315 e. The zero-order chi connectivity index (χ0) is 20.8. The van der Waals surface area contributed by atoms with Gasteiger partial charge in [0, 0.05) is 49.0 Å². The lowest BCUT2D eigenvalue weighted by Crippen LogP contribution is -2.44. The zero-order valence-electron chi connectivity index (χ0n) is 16.6. The van der Waals surface area contributed by atoms with Crippen molar-refractivity contribution in [1.29, 1.82) is 0 Å².